The molecule has 0 unspecified atom stereocenters. The lowest BCUT2D eigenvalue weighted by Crippen LogP contribution is -2.40. The molecule has 0 saturated carbocycles. The number of rotatable bonds is 5. The van der Waals surface area contributed by atoms with Gasteiger partial charge in [-0.05, 0) is 38.0 Å². The van der Waals surface area contributed by atoms with E-state index in [1.165, 1.54) is 5.56 Å². The summed E-state index contributed by atoms with van der Waals surface area (Å²) in [5.74, 6) is 0. The number of amides is 2. The van der Waals surface area contributed by atoms with Crippen LogP contribution in [0, 0.1) is 0 Å². The van der Waals surface area contributed by atoms with Crippen LogP contribution in [-0.4, -0.2) is 30.6 Å². The summed E-state index contributed by atoms with van der Waals surface area (Å²) in [4.78, 5) is 13.4. The normalized spacial score (nSPS) is 10.1. The molecule has 0 bridgehead atoms. The molecular weight excluding hydrogens is 280 g/mol. The fourth-order valence-electron chi connectivity index (χ4n) is 1.59. The van der Waals surface area contributed by atoms with Gasteiger partial charge >= 0.3 is 6.03 Å². The first kappa shape index (κ1) is 14.0. The molecule has 0 spiro atoms. The molecule has 0 aliphatic heterocycles. The maximum atomic E-state index is 11.7. The maximum absolute atomic E-state index is 11.7. The first-order chi connectivity index (χ1) is 8.17. The predicted molar refractivity (Wildman–Crippen MR) is 74.2 cm³/mol. The van der Waals surface area contributed by atoms with Crippen LogP contribution in [0.5, 0.6) is 0 Å². The number of hydrogen-bond acceptors (Lipinski definition) is 1. The van der Waals surface area contributed by atoms with Crippen LogP contribution in [-0.2, 0) is 6.42 Å². The van der Waals surface area contributed by atoms with Crippen molar-refractivity contribution in [3.63, 3.8) is 0 Å². The number of carbonyl (C=O) groups excluding carboxylic acids is 1. The Balaban J connectivity index is 2.32. The molecule has 0 aromatic heterocycles. The number of benzene rings is 1. The molecule has 1 N–H and O–H groups in total. The molecule has 0 saturated heterocycles. The molecule has 0 heterocycles. The van der Waals surface area contributed by atoms with Crippen molar-refractivity contribution in [2.24, 2.45) is 0 Å². The lowest BCUT2D eigenvalue weighted by Gasteiger charge is -2.19. The van der Waals surface area contributed by atoms with Crippen molar-refractivity contribution in [2.75, 3.05) is 19.6 Å². The van der Waals surface area contributed by atoms with Gasteiger partial charge in [0.25, 0.3) is 0 Å². The average molecular weight is 299 g/mol. The maximum Gasteiger partial charge on any atom is 0.317 e. The standard InChI is InChI=1S/C13H19BrN2O/c1-3-16(4-2)13(17)15-10-9-11-5-7-12(14)8-6-11/h5-8H,3-4,9-10H2,1-2H3,(H,15,17). The predicted octanol–water partition coefficient (Wildman–Crippen LogP) is 3.04. The number of carbonyl (C=O) groups is 1. The fraction of sp³-hybridized carbons (Fsp3) is 0.462. The minimum Gasteiger partial charge on any atom is -0.338 e. The first-order valence-electron chi connectivity index (χ1n) is 5.94. The van der Waals surface area contributed by atoms with Crippen LogP contribution < -0.4 is 5.32 Å². The molecule has 1 aromatic carbocycles. The van der Waals surface area contributed by atoms with Crippen molar-refractivity contribution in [1.29, 1.82) is 0 Å². The molecule has 17 heavy (non-hydrogen) atoms. The largest absolute Gasteiger partial charge is 0.338 e. The second kappa shape index (κ2) is 7.33. The molecule has 0 fully saturated rings. The van der Waals surface area contributed by atoms with Gasteiger partial charge in [-0.25, -0.2) is 4.79 Å². The van der Waals surface area contributed by atoms with Gasteiger partial charge < -0.3 is 10.2 Å². The monoisotopic (exact) mass is 298 g/mol. The number of halogens is 1. The fourth-order valence-corrected chi connectivity index (χ4v) is 1.85. The first-order valence-corrected chi connectivity index (χ1v) is 6.73. The second-order valence-corrected chi connectivity index (χ2v) is 4.70. The van der Waals surface area contributed by atoms with Crippen LogP contribution in [0.1, 0.15) is 19.4 Å². The summed E-state index contributed by atoms with van der Waals surface area (Å²) in [6.45, 7) is 6.15. The Labute approximate surface area is 111 Å². The Morgan fingerprint density at radius 3 is 2.35 bits per heavy atom. The van der Waals surface area contributed by atoms with Gasteiger partial charge in [-0.2, -0.15) is 0 Å². The molecule has 94 valence electrons. The Hall–Kier alpha value is -1.03. The van der Waals surface area contributed by atoms with Gasteiger partial charge in [-0.3, -0.25) is 0 Å². The van der Waals surface area contributed by atoms with E-state index in [0.29, 0.717) is 6.54 Å². The van der Waals surface area contributed by atoms with Crippen LogP contribution in [0.15, 0.2) is 28.7 Å². The van der Waals surface area contributed by atoms with Crippen LogP contribution in [0.25, 0.3) is 0 Å². The number of hydrogen-bond donors (Lipinski definition) is 1. The summed E-state index contributed by atoms with van der Waals surface area (Å²) in [7, 11) is 0. The SMILES string of the molecule is CCN(CC)C(=O)NCCc1ccc(Br)cc1. The summed E-state index contributed by atoms with van der Waals surface area (Å²) in [6, 6.07) is 8.18. The smallest absolute Gasteiger partial charge is 0.317 e. The van der Waals surface area contributed by atoms with Crippen LogP contribution >= 0.6 is 15.9 Å². The zero-order valence-electron chi connectivity index (χ0n) is 10.4. The van der Waals surface area contributed by atoms with Gasteiger partial charge in [0.15, 0.2) is 0 Å². The Bertz CT molecular complexity index is 347. The van der Waals surface area contributed by atoms with Gasteiger partial charge in [-0.1, -0.05) is 28.1 Å². The van der Waals surface area contributed by atoms with E-state index in [0.717, 1.165) is 24.0 Å². The second-order valence-electron chi connectivity index (χ2n) is 3.78. The highest BCUT2D eigenvalue weighted by Crippen LogP contribution is 2.10. The molecule has 0 aliphatic rings. The third-order valence-electron chi connectivity index (χ3n) is 2.65. The minimum atomic E-state index is 0.0205. The molecule has 0 aliphatic carbocycles. The van der Waals surface area contributed by atoms with Crippen LogP contribution in [0.3, 0.4) is 0 Å². The van der Waals surface area contributed by atoms with Crippen molar-refractivity contribution < 1.29 is 4.79 Å². The van der Waals surface area contributed by atoms with Gasteiger partial charge in [-0.15, -0.1) is 0 Å². The minimum absolute atomic E-state index is 0.0205. The molecule has 1 aromatic rings. The van der Waals surface area contributed by atoms with E-state index in [2.05, 4.69) is 33.4 Å². The van der Waals surface area contributed by atoms with Crippen LogP contribution in [0.2, 0.25) is 0 Å². The number of nitrogens with one attached hydrogen (secondary N) is 1. The summed E-state index contributed by atoms with van der Waals surface area (Å²) in [5, 5.41) is 2.92. The Morgan fingerprint density at radius 2 is 1.82 bits per heavy atom. The molecule has 3 nitrogen and oxygen atoms in total. The van der Waals surface area contributed by atoms with E-state index in [-0.39, 0.29) is 6.03 Å². The van der Waals surface area contributed by atoms with Crippen molar-refractivity contribution >= 4 is 22.0 Å². The van der Waals surface area contributed by atoms with E-state index < -0.39 is 0 Å². The number of urea groups is 1. The van der Waals surface area contributed by atoms with E-state index in [4.69, 9.17) is 0 Å². The average Bonchev–Trinajstić information content (AvgIpc) is 2.33. The van der Waals surface area contributed by atoms with Gasteiger partial charge in [0.2, 0.25) is 0 Å². The topological polar surface area (TPSA) is 32.3 Å². The summed E-state index contributed by atoms with van der Waals surface area (Å²) < 4.78 is 1.08. The lowest BCUT2D eigenvalue weighted by molar-refractivity contribution is 0.203. The van der Waals surface area contributed by atoms with Crippen molar-refractivity contribution in [2.45, 2.75) is 20.3 Å². The van der Waals surface area contributed by atoms with Crippen molar-refractivity contribution in [1.82, 2.24) is 10.2 Å². The summed E-state index contributed by atoms with van der Waals surface area (Å²) >= 11 is 3.40. The highest BCUT2D eigenvalue weighted by molar-refractivity contribution is 9.10. The van der Waals surface area contributed by atoms with Crippen molar-refractivity contribution in [3.8, 4) is 0 Å². The van der Waals surface area contributed by atoms with Crippen molar-refractivity contribution in [3.05, 3.63) is 34.3 Å². The number of nitrogens with zero attached hydrogens (tertiary/aromatic N) is 1. The molecule has 1 rings (SSSR count). The molecule has 0 atom stereocenters. The van der Waals surface area contributed by atoms with E-state index >= 15 is 0 Å². The van der Waals surface area contributed by atoms with E-state index in [9.17, 15) is 4.79 Å². The van der Waals surface area contributed by atoms with Gasteiger partial charge in [0.05, 0.1) is 0 Å². The molecule has 2 amide bonds. The van der Waals surface area contributed by atoms with Gasteiger partial charge in [0, 0.05) is 24.1 Å². The molecule has 4 heteroatoms. The highest BCUT2D eigenvalue weighted by Gasteiger charge is 2.07. The quantitative estimate of drug-likeness (QED) is 0.890. The third kappa shape index (κ3) is 4.77. The Kier molecular flexibility index (Phi) is 6.05. The zero-order valence-corrected chi connectivity index (χ0v) is 12.0. The van der Waals surface area contributed by atoms with Crippen LogP contribution in [0.4, 0.5) is 4.79 Å². The molecule has 0 radical (unpaired) electrons. The zero-order chi connectivity index (χ0) is 12.7. The molecular formula is C13H19BrN2O. The summed E-state index contributed by atoms with van der Waals surface area (Å²) in [6.07, 6.45) is 0.861. The third-order valence-corrected chi connectivity index (χ3v) is 3.18. The van der Waals surface area contributed by atoms with E-state index in [1.807, 2.05) is 26.0 Å². The Morgan fingerprint density at radius 1 is 1.24 bits per heavy atom. The highest BCUT2D eigenvalue weighted by atomic mass is 79.9. The van der Waals surface area contributed by atoms with E-state index in [1.54, 1.807) is 4.90 Å². The van der Waals surface area contributed by atoms with Gasteiger partial charge in [0.1, 0.15) is 0 Å². The lowest BCUT2D eigenvalue weighted by atomic mass is 10.1. The summed E-state index contributed by atoms with van der Waals surface area (Å²) in [5.41, 5.74) is 1.23.